The van der Waals surface area contributed by atoms with Crippen molar-refractivity contribution in [2.24, 2.45) is 5.92 Å². The average Bonchev–Trinajstić information content (AvgIpc) is 2.87. The zero-order valence-electron chi connectivity index (χ0n) is 10.2. The Kier molecular flexibility index (Phi) is 3.61. The van der Waals surface area contributed by atoms with E-state index in [2.05, 4.69) is 17.4 Å². The third-order valence-corrected chi connectivity index (χ3v) is 3.45. The van der Waals surface area contributed by atoms with E-state index in [1.807, 2.05) is 13.8 Å². The second kappa shape index (κ2) is 4.97. The maximum atomic E-state index is 5.39. The van der Waals surface area contributed by atoms with Crippen molar-refractivity contribution in [1.29, 1.82) is 0 Å². The van der Waals surface area contributed by atoms with Gasteiger partial charge >= 0.3 is 0 Å². The predicted octanol–water partition coefficient (Wildman–Crippen LogP) is 1.81. The number of aromatic nitrogens is 1. The maximum absolute atomic E-state index is 5.39. The standard InChI is InChI=1S/C12H20N2O2/c1-8(11-4-5-15-7-11)13-6-12-9(2)14-16-10(12)3/h8,11,13H,4-7H2,1-3H3. The van der Waals surface area contributed by atoms with Crippen LogP contribution in [0.3, 0.4) is 0 Å². The summed E-state index contributed by atoms with van der Waals surface area (Å²) in [5.74, 6) is 1.56. The van der Waals surface area contributed by atoms with E-state index in [-0.39, 0.29) is 0 Å². The van der Waals surface area contributed by atoms with Gasteiger partial charge in [-0.2, -0.15) is 0 Å². The highest BCUT2D eigenvalue weighted by Crippen LogP contribution is 2.18. The Morgan fingerprint density at radius 1 is 1.50 bits per heavy atom. The second-order valence-corrected chi connectivity index (χ2v) is 4.60. The Hall–Kier alpha value is -0.870. The summed E-state index contributed by atoms with van der Waals surface area (Å²) < 4.78 is 10.5. The monoisotopic (exact) mass is 224 g/mol. The van der Waals surface area contributed by atoms with Gasteiger partial charge in [0.1, 0.15) is 5.76 Å². The SMILES string of the molecule is Cc1noc(C)c1CNC(C)C1CCOC1. The van der Waals surface area contributed by atoms with Gasteiger partial charge in [0.25, 0.3) is 0 Å². The van der Waals surface area contributed by atoms with Gasteiger partial charge in [0.15, 0.2) is 0 Å². The summed E-state index contributed by atoms with van der Waals surface area (Å²) in [5, 5.41) is 7.48. The number of hydrogen-bond acceptors (Lipinski definition) is 4. The Morgan fingerprint density at radius 2 is 2.31 bits per heavy atom. The molecule has 1 saturated heterocycles. The molecule has 1 fully saturated rings. The van der Waals surface area contributed by atoms with Crippen molar-refractivity contribution in [2.75, 3.05) is 13.2 Å². The van der Waals surface area contributed by atoms with E-state index < -0.39 is 0 Å². The van der Waals surface area contributed by atoms with Crippen molar-refractivity contribution in [1.82, 2.24) is 10.5 Å². The molecule has 1 aromatic heterocycles. The van der Waals surface area contributed by atoms with Gasteiger partial charge in [-0.1, -0.05) is 5.16 Å². The van der Waals surface area contributed by atoms with Crippen LogP contribution in [-0.2, 0) is 11.3 Å². The number of nitrogens with one attached hydrogen (secondary N) is 1. The molecule has 0 aromatic carbocycles. The van der Waals surface area contributed by atoms with Gasteiger partial charge in [-0.05, 0) is 33.1 Å². The highest BCUT2D eigenvalue weighted by atomic mass is 16.5. The van der Waals surface area contributed by atoms with Crippen molar-refractivity contribution < 1.29 is 9.26 Å². The Morgan fingerprint density at radius 3 is 2.88 bits per heavy atom. The molecular formula is C12H20N2O2. The van der Waals surface area contributed by atoms with E-state index in [1.165, 1.54) is 5.56 Å². The van der Waals surface area contributed by atoms with Crippen molar-refractivity contribution in [2.45, 2.75) is 39.8 Å². The van der Waals surface area contributed by atoms with Crippen molar-refractivity contribution in [3.8, 4) is 0 Å². The van der Waals surface area contributed by atoms with Crippen molar-refractivity contribution in [3.05, 3.63) is 17.0 Å². The van der Waals surface area contributed by atoms with E-state index in [0.29, 0.717) is 12.0 Å². The van der Waals surface area contributed by atoms with Gasteiger partial charge in [0.05, 0.1) is 12.3 Å². The van der Waals surface area contributed by atoms with Crippen LogP contribution in [0.2, 0.25) is 0 Å². The van der Waals surface area contributed by atoms with Crippen LogP contribution in [0.5, 0.6) is 0 Å². The van der Waals surface area contributed by atoms with E-state index in [1.54, 1.807) is 0 Å². The summed E-state index contributed by atoms with van der Waals surface area (Å²) in [4.78, 5) is 0. The summed E-state index contributed by atoms with van der Waals surface area (Å²) in [6, 6.07) is 0.483. The first-order valence-corrected chi connectivity index (χ1v) is 5.91. The van der Waals surface area contributed by atoms with Crippen molar-refractivity contribution in [3.63, 3.8) is 0 Å². The molecule has 4 heteroatoms. The third kappa shape index (κ3) is 2.44. The lowest BCUT2D eigenvalue weighted by Crippen LogP contribution is -2.33. The molecule has 2 heterocycles. The molecule has 2 atom stereocenters. The van der Waals surface area contributed by atoms with Gasteiger partial charge in [0.2, 0.25) is 0 Å². The second-order valence-electron chi connectivity index (χ2n) is 4.60. The van der Waals surface area contributed by atoms with Crippen LogP contribution in [0.4, 0.5) is 0 Å². The number of rotatable bonds is 4. The first-order chi connectivity index (χ1) is 7.68. The topological polar surface area (TPSA) is 47.3 Å². The molecule has 2 rings (SSSR count). The molecule has 0 bridgehead atoms. The van der Waals surface area contributed by atoms with Gasteiger partial charge in [-0.25, -0.2) is 0 Å². The molecule has 90 valence electrons. The molecule has 0 radical (unpaired) electrons. The fourth-order valence-electron chi connectivity index (χ4n) is 2.13. The first-order valence-electron chi connectivity index (χ1n) is 5.91. The van der Waals surface area contributed by atoms with Gasteiger partial charge in [0, 0.05) is 24.8 Å². The predicted molar refractivity (Wildman–Crippen MR) is 61.2 cm³/mol. The molecule has 0 aliphatic carbocycles. The normalized spacial score (nSPS) is 22.6. The summed E-state index contributed by atoms with van der Waals surface area (Å²) >= 11 is 0. The maximum Gasteiger partial charge on any atom is 0.138 e. The third-order valence-electron chi connectivity index (χ3n) is 3.45. The van der Waals surface area contributed by atoms with Gasteiger partial charge in [-0.15, -0.1) is 0 Å². The van der Waals surface area contributed by atoms with Crippen LogP contribution in [0, 0.1) is 19.8 Å². The van der Waals surface area contributed by atoms with Gasteiger partial charge in [-0.3, -0.25) is 0 Å². The average molecular weight is 224 g/mol. The Balaban J connectivity index is 1.87. The highest BCUT2D eigenvalue weighted by molar-refractivity contribution is 5.20. The zero-order chi connectivity index (χ0) is 11.5. The first kappa shape index (κ1) is 11.6. The molecule has 1 N–H and O–H groups in total. The summed E-state index contributed by atoms with van der Waals surface area (Å²) in [6.07, 6.45) is 1.16. The lowest BCUT2D eigenvalue weighted by atomic mass is 10.0. The molecule has 0 saturated carbocycles. The number of aryl methyl sites for hydroxylation is 2. The Bertz CT molecular complexity index is 323. The highest BCUT2D eigenvalue weighted by Gasteiger charge is 2.22. The van der Waals surface area contributed by atoms with E-state index in [4.69, 9.17) is 9.26 Å². The minimum absolute atomic E-state index is 0.483. The molecule has 2 unspecified atom stereocenters. The lowest BCUT2D eigenvalue weighted by Gasteiger charge is -2.19. The molecule has 0 spiro atoms. The lowest BCUT2D eigenvalue weighted by molar-refractivity contribution is 0.178. The molecule has 16 heavy (non-hydrogen) atoms. The van der Waals surface area contributed by atoms with E-state index in [9.17, 15) is 0 Å². The van der Waals surface area contributed by atoms with Crippen LogP contribution in [0.15, 0.2) is 4.52 Å². The number of hydrogen-bond donors (Lipinski definition) is 1. The largest absolute Gasteiger partial charge is 0.381 e. The van der Waals surface area contributed by atoms with Crippen LogP contribution in [0.1, 0.15) is 30.4 Å². The number of ether oxygens (including phenoxy) is 1. The minimum atomic E-state index is 0.483. The molecule has 1 aliphatic rings. The minimum Gasteiger partial charge on any atom is -0.381 e. The summed E-state index contributed by atoms with van der Waals surface area (Å²) in [7, 11) is 0. The molecule has 1 aliphatic heterocycles. The van der Waals surface area contributed by atoms with E-state index >= 15 is 0 Å². The summed E-state index contributed by atoms with van der Waals surface area (Å²) in [6.45, 7) is 8.78. The van der Waals surface area contributed by atoms with Crippen LogP contribution in [-0.4, -0.2) is 24.4 Å². The van der Waals surface area contributed by atoms with Crippen molar-refractivity contribution >= 4 is 0 Å². The summed E-state index contributed by atoms with van der Waals surface area (Å²) in [5.41, 5.74) is 2.17. The smallest absolute Gasteiger partial charge is 0.138 e. The fraction of sp³-hybridized carbons (Fsp3) is 0.750. The molecule has 0 amide bonds. The van der Waals surface area contributed by atoms with Gasteiger partial charge < -0.3 is 14.6 Å². The molecule has 1 aromatic rings. The van der Waals surface area contributed by atoms with E-state index in [0.717, 1.165) is 37.6 Å². The number of nitrogens with zero attached hydrogens (tertiary/aromatic N) is 1. The molecular weight excluding hydrogens is 204 g/mol. The zero-order valence-corrected chi connectivity index (χ0v) is 10.2. The fourth-order valence-corrected chi connectivity index (χ4v) is 2.13. The van der Waals surface area contributed by atoms with Crippen LogP contribution < -0.4 is 5.32 Å². The quantitative estimate of drug-likeness (QED) is 0.847. The molecule has 4 nitrogen and oxygen atoms in total. The Labute approximate surface area is 96.3 Å². The van der Waals surface area contributed by atoms with Crippen LogP contribution in [0.25, 0.3) is 0 Å². The van der Waals surface area contributed by atoms with Crippen LogP contribution >= 0.6 is 0 Å².